The third-order valence-electron chi connectivity index (χ3n) is 3.52. The lowest BCUT2D eigenvalue weighted by Crippen LogP contribution is -2.37. The molecule has 8 heteroatoms. The van der Waals surface area contributed by atoms with Crippen LogP contribution < -0.4 is 14.8 Å². The number of fused-ring (bicyclic) bond motifs is 1. The van der Waals surface area contributed by atoms with Crippen LogP contribution in [-0.2, 0) is 20.9 Å². The Morgan fingerprint density at radius 1 is 1.32 bits per heavy atom. The summed E-state index contributed by atoms with van der Waals surface area (Å²) < 4.78 is 26.3. The SMILES string of the molecule is COC[C@H](C)NC(=O)COCc1cc(-c2ccc3c(c2)OCO3)on1. The number of amides is 1. The largest absolute Gasteiger partial charge is 0.454 e. The fourth-order valence-corrected chi connectivity index (χ4v) is 2.42. The number of hydrogen-bond donors (Lipinski definition) is 1. The summed E-state index contributed by atoms with van der Waals surface area (Å²) in [5.74, 6) is 1.77. The van der Waals surface area contributed by atoms with Gasteiger partial charge in [0.05, 0.1) is 13.2 Å². The third-order valence-corrected chi connectivity index (χ3v) is 3.52. The van der Waals surface area contributed by atoms with Gasteiger partial charge >= 0.3 is 0 Å². The molecule has 0 unspecified atom stereocenters. The lowest BCUT2D eigenvalue weighted by Gasteiger charge is -2.12. The molecule has 1 amide bonds. The molecular formula is C17H20N2O6. The van der Waals surface area contributed by atoms with E-state index in [2.05, 4.69) is 10.5 Å². The standard InChI is InChI=1S/C17H20N2O6/c1-11(7-21-2)18-17(20)9-22-8-13-6-15(25-19-13)12-3-4-14-16(5-12)24-10-23-14/h3-6,11H,7-10H2,1-2H3,(H,18,20)/t11-/m0/s1. The molecule has 25 heavy (non-hydrogen) atoms. The number of ether oxygens (including phenoxy) is 4. The van der Waals surface area contributed by atoms with Crippen molar-refractivity contribution >= 4 is 5.91 Å². The minimum atomic E-state index is -0.205. The molecule has 2 heterocycles. The molecule has 1 N–H and O–H groups in total. The Bertz CT molecular complexity index is 730. The first-order valence-corrected chi connectivity index (χ1v) is 7.87. The van der Waals surface area contributed by atoms with Gasteiger partial charge in [0.2, 0.25) is 12.7 Å². The van der Waals surface area contributed by atoms with Gasteiger partial charge in [0.1, 0.15) is 12.3 Å². The van der Waals surface area contributed by atoms with Crippen LogP contribution in [0.5, 0.6) is 11.5 Å². The summed E-state index contributed by atoms with van der Waals surface area (Å²) in [6.07, 6.45) is 0. The summed E-state index contributed by atoms with van der Waals surface area (Å²) in [5.41, 5.74) is 1.43. The Morgan fingerprint density at radius 3 is 3.00 bits per heavy atom. The average Bonchev–Trinajstić information content (AvgIpc) is 3.23. The third kappa shape index (κ3) is 4.49. The van der Waals surface area contributed by atoms with Gasteiger partial charge in [-0.05, 0) is 25.1 Å². The van der Waals surface area contributed by atoms with Crippen molar-refractivity contribution in [2.24, 2.45) is 0 Å². The second-order valence-corrected chi connectivity index (χ2v) is 5.67. The molecule has 0 spiro atoms. The lowest BCUT2D eigenvalue weighted by molar-refractivity contribution is -0.127. The fraction of sp³-hybridized carbons (Fsp3) is 0.412. The number of methoxy groups -OCH3 is 1. The molecule has 0 saturated carbocycles. The van der Waals surface area contributed by atoms with E-state index >= 15 is 0 Å². The molecule has 134 valence electrons. The first kappa shape index (κ1) is 17.2. The van der Waals surface area contributed by atoms with Crippen molar-refractivity contribution in [1.29, 1.82) is 0 Å². The van der Waals surface area contributed by atoms with E-state index in [1.54, 1.807) is 13.2 Å². The number of nitrogens with one attached hydrogen (secondary N) is 1. The first-order valence-electron chi connectivity index (χ1n) is 7.87. The van der Waals surface area contributed by atoms with Gasteiger partial charge in [-0.25, -0.2) is 0 Å². The highest BCUT2D eigenvalue weighted by Crippen LogP contribution is 2.36. The summed E-state index contributed by atoms with van der Waals surface area (Å²) in [6.45, 7) is 2.66. The lowest BCUT2D eigenvalue weighted by atomic mass is 10.1. The summed E-state index contributed by atoms with van der Waals surface area (Å²) in [4.78, 5) is 11.7. The van der Waals surface area contributed by atoms with Crippen molar-refractivity contribution in [1.82, 2.24) is 10.5 Å². The van der Waals surface area contributed by atoms with Crippen LogP contribution >= 0.6 is 0 Å². The number of carbonyl (C=O) groups is 1. The normalized spacial score (nSPS) is 13.7. The van der Waals surface area contributed by atoms with Gasteiger partial charge in [-0.1, -0.05) is 5.16 Å². The molecule has 0 aliphatic carbocycles. The molecule has 8 nitrogen and oxygen atoms in total. The van der Waals surface area contributed by atoms with Crippen molar-refractivity contribution in [2.75, 3.05) is 27.1 Å². The van der Waals surface area contributed by atoms with Gasteiger partial charge in [-0.15, -0.1) is 0 Å². The second kappa shape index (κ2) is 8.00. The molecule has 1 aliphatic rings. The van der Waals surface area contributed by atoms with Crippen molar-refractivity contribution in [3.05, 3.63) is 30.0 Å². The monoisotopic (exact) mass is 348 g/mol. The van der Waals surface area contributed by atoms with Crippen LogP contribution in [-0.4, -0.2) is 44.2 Å². The van der Waals surface area contributed by atoms with E-state index in [1.165, 1.54) is 0 Å². The van der Waals surface area contributed by atoms with Crippen LogP contribution in [0.15, 0.2) is 28.8 Å². The molecular weight excluding hydrogens is 328 g/mol. The van der Waals surface area contributed by atoms with Crippen LogP contribution in [0.25, 0.3) is 11.3 Å². The summed E-state index contributed by atoms with van der Waals surface area (Å²) >= 11 is 0. The molecule has 0 bridgehead atoms. The molecule has 1 aliphatic heterocycles. The van der Waals surface area contributed by atoms with Gasteiger partial charge in [0, 0.05) is 24.8 Å². The average molecular weight is 348 g/mol. The molecule has 1 atom stereocenters. The van der Waals surface area contributed by atoms with Crippen molar-refractivity contribution in [3.8, 4) is 22.8 Å². The molecule has 3 rings (SSSR count). The molecule has 1 aromatic carbocycles. The van der Waals surface area contributed by atoms with E-state index in [0.717, 1.165) is 5.56 Å². The van der Waals surface area contributed by atoms with Gasteiger partial charge < -0.3 is 28.8 Å². The summed E-state index contributed by atoms with van der Waals surface area (Å²) in [5, 5.41) is 6.71. The molecule has 0 radical (unpaired) electrons. The zero-order chi connectivity index (χ0) is 17.6. The Labute approximate surface area is 145 Å². The van der Waals surface area contributed by atoms with E-state index in [9.17, 15) is 4.79 Å². The highest BCUT2D eigenvalue weighted by Gasteiger charge is 2.16. The van der Waals surface area contributed by atoms with E-state index in [4.69, 9.17) is 23.5 Å². The van der Waals surface area contributed by atoms with Gasteiger partial charge in [0.25, 0.3) is 0 Å². The number of hydrogen-bond acceptors (Lipinski definition) is 7. The van der Waals surface area contributed by atoms with E-state index < -0.39 is 0 Å². The first-order chi connectivity index (χ1) is 12.2. The second-order valence-electron chi connectivity index (χ2n) is 5.67. The molecule has 1 aromatic heterocycles. The van der Waals surface area contributed by atoms with Crippen LogP contribution in [0.3, 0.4) is 0 Å². The number of nitrogens with zero attached hydrogens (tertiary/aromatic N) is 1. The predicted molar refractivity (Wildman–Crippen MR) is 87.2 cm³/mol. The number of rotatable bonds is 8. The fourth-order valence-electron chi connectivity index (χ4n) is 2.42. The summed E-state index contributed by atoms with van der Waals surface area (Å²) in [7, 11) is 1.58. The van der Waals surface area contributed by atoms with Gasteiger partial charge in [-0.3, -0.25) is 4.79 Å². The smallest absolute Gasteiger partial charge is 0.246 e. The zero-order valence-corrected chi connectivity index (χ0v) is 14.1. The van der Waals surface area contributed by atoms with Gasteiger partial charge in [0.15, 0.2) is 17.3 Å². The number of benzene rings is 1. The van der Waals surface area contributed by atoms with E-state index in [0.29, 0.717) is 29.6 Å². The topological polar surface area (TPSA) is 92.1 Å². The minimum Gasteiger partial charge on any atom is -0.454 e. The van der Waals surface area contributed by atoms with Crippen LogP contribution in [0.2, 0.25) is 0 Å². The van der Waals surface area contributed by atoms with Crippen molar-refractivity contribution in [2.45, 2.75) is 19.6 Å². The maximum Gasteiger partial charge on any atom is 0.246 e. The minimum absolute atomic E-state index is 0.0553. The molecule has 0 saturated heterocycles. The van der Waals surface area contributed by atoms with E-state index in [1.807, 2.05) is 25.1 Å². The molecule has 0 fully saturated rings. The Hall–Kier alpha value is -2.58. The van der Waals surface area contributed by atoms with Crippen molar-refractivity contribution in [3.63, 3.8) is 0 Å². The zero-order valence-electron chi connectivity index (χ0n) is 14.1. The van der Waals surface area contributed by atoms with E-state index in [-0.39, 0.29) is 32.0 Å². The predicted octanol–water partition coefficient (Wildman–Crippen LogP) is 1.74. The number of aromatic nitrogens is 1. The van der Waals surface area contributed by atoms with Gasteiger partial charge in [-0.2, -0.15) is 0 Å². The maximum atomic E-state index is 11.7. The Morgan fingerprint density at radius 2 is 2.16 bits per heavy atom. The highest BCUT2D eigenvalue weighted by molar-refractivity contribution is 5.77. The number of carbonyl (C=O) groups excluding carboxylic acids is 1. The quantitative estimate of drug-likeness (QED) is 0.777. The van der Waals surface area contributed by atoms with Crippen molar-refractivity contribution < 1.29 is 28.3 Å². The molecule has 2 aromatic rings. The van der Waals surface area contributed by atoms with Crippen LogP contribution in [0.1, 0.15) is 12.6 Å². The summed E-state index contributed by atoms with van der Waals surface area (Å²) in [6, 6.07) is 7.22. The van der Waals surface area contributed by atoms with Crippen LogP contribution in [0.4, 0.5) is 0 Å². The van der Waals surface area contributed by atoms with Crippen LogP contribution in [0, 0.1) is 0 Å². The Balaban J connectivity index is 1.50. The Kier molecular flexibility index (Phi) is 5.52. The maximum absolute atomic E-state index is 11.7. The highest BCUT2D eigenvalue weighted by atomic mass is 16.7.